The van der Waals surface area contributed by atoms with Gasteiger partial charge in [0, 0.05) is 11.8 Å². The van der Waals surface area contributed by atoms with Gasteiger partial charge in [0.1, 0.15) is 11.7 Å². The monoisotopic (exact) mass is 460 g/mol. The minimum atomic E-state index is -1.99. The van der Waals surface area contributed by atoms with Crippen LogP contribution in [-0.2, 0) is 0 Å². The molecule has 1 amide bonds. The van der Waals surface area contributed by atoms with E-state index in [1.165, 1.54) is 24.3 Å². The number of nitro groups is 1. The van der Waals surface area contributed by atoms with Gasteiger partial charge in [-0.3, -0.25) is 14.9 Å². The van der Waals surface area contributed by atoms with Crippen LogP contribution >= 0.6 is 47.0 Å². The Balaban J connectivity index is 2.16. The normalized spacial score (nSPS) is 12.0. The summed E-state index contributed by atoms with van der Waals surface area (Å²) >= 11 is 23.1. The number of anilines is 1. The van der Waals surface area contributed by atoms with E-state index in [-0.39, 0.29) is 16.4 Å². The van der Waals surface area contributed by atoms with Crippen molar-refractivity contribution in [2.75, 3.05) is 5.32 Å². The molecule has 2 rings (SSSR count). The van der Waals surface area contributed by atoms with E-state index in [9.17, 15) is 14.9 Å². The van der Waals surface area contributed by atoms with Crippen molar-refractivity contribution >= 4 is 69.4 Å². The molecule has 0 spiro atoms. The summed E-state index contributed by atoms with van der Waals surface area (Å²) in [6.45, 7) is 1.88. The zero-order valence-electron chi connectivity index (χ0n) is 14.4. The SMILES string of the molecule is Cc1ccccc1NC(=S)NC(NC(=O)c1ccccc1[N+](=O)[O-])C(Cl)(Cl)Cl. The lowest BCUT2D eigenvalue weighted by Crippen LogP contribution is -2.56. The molecule has 0 radical (unpaired) electrons. The van der Waals surface area contributed by atoms with Gasteiger partial charge in [-0.15, -0.1) is 0 Å². The lowest BCUT2D eigenvalue weighted by Gasteiger charge is -2.28. The summed E-state index contributed by atoms with van der Waals surface area (Å²) in [7, 11) is 0. The number of nitro benzene ring substituents is 1. The zero-order valence-corrected chi connectivity index (χ0v) is 17.5. The average molecular weight is 462 g/mol. The zero-order chi connectivity index (χ0) is 20.9. The largest absolute Gasteiger partial charge is 0.339 e. The molecule has 0 bridgehead atoms. The van der Waals surface area contributed by atoms with Gasteiger partial charge in [0.05, 0.1) is 4.92 Å². The van der Waals surface area contributed by atoms with Crippen LogP contribution in [-0.4, -0.2) is 25.9 Å². The van der Waals surface area contributed by atoms with Crippen molar-refractivity contribution in [3.63, 3.8) is 0 Å². The average Bonchev–Trinajstić information content (AvgIpc) is 2.62. The van der Waals surface area contributed by atoms with Crippen LogP contribution in [0.15, 0.2) is 48.5 Å². The van der Waals surface area contributed by atoms with E-state index < -0.39 is 20.8 Å². The number of benzene rings is 2. The van der Waals surface area contributed by atoms with E-state index in [1.807, 2.05) is 25.1 Å². The summed E-state index contributed by atoms with van der Waals surface area (Å²) in [5.41, 5.74) is 1.11. The van der Waals surface area contributed by atoms with Crippen LogP contribution in [0.1, 0.15) is 15.9 Å². The van der Waals surface area contributed by atoms with Gasteiger partial charge >= 0.3 is 0 Å². The molecule has 2 aromatic carbocycles. The van der Waals surface area contributed by atoms with Gasteiger partial charge in [0.25, 0.3) is 11.6 Å². The summed E-state index contributed by atoms with van der Waals surface area (Å²) in [4.78, 5) is 23.0. The molecular weight excluding hydrogens is 447 g/mol. The van der Waals surface area contributed by atoms with E-state index in [0.29, 0.717) is 0 Å². The molecule has 3 N–H and O–H groups in total. The quantitative estimate of drug-likeness (QED) is 0.202. The topological polar surface area (TPSA) is 96.3 Å². The third kappa shape index (κ3) is 5.93. The fourth-order valence-corrected chi connectivity index (χ4v) is 2.79. The highest BCUT2D eigenvalue weighted by molar-refractivity contribution is 7.80. The molecular formula is C17H15Cl3N4O3S. The Morgan fingerprint density at radius 2 is 1.71 bits per heavy atom. The van der Waals surface area contributed by atoms with Crippen LogP contribution in [0.5, 0.6) is 0 Å². The second-order valence-electron chi connectivity index (χ2n) is 5.64. The van der Waals surface area contributed by atoms with Gasteiger partial charge in [0.15, 0.2) is 5.11 Å². The van der Waals surface area contributed by atoms with Gasteiger partial charge < -0.3 is 16.0 Å². The molecule has 1 atom stereocenters. The second kappa shape index (κ2) is 9.38. The molecule has 1 unspecified atom stereocenters. The molecule has 0 saturated carbocycles. The first-order chi connectivity index (χ1) is 13.1. The maximum atomic E-state index is 12.5. The number of carbonyl (C=O) groups is 1. The third-order valence-corrected chi connectivity index (χ3v) is 4.49. The summed E-state index contributed by atoms with van der Waals surface area (Å²) in [5.74, 6) is -0.796. The number of alkyl halides is 3. The van der Waals surface area contributed by atoms with Crippen molar-refractivity contribution in [2.24, 2.45) is 0 Å². The molecule has 11 heteroatoms. The highest BCUT2D eigenvalue weighted by Crippen LogP contribution is 2.30. The van der Waals surface area contributed by atoms with Crippen molar-refractivity contribution in [3.8, 4) is 0 Å². The Kier molecular flexibility index (Phi) is 7.42. The molecule has 148 valence electrons. The maximum absolute atomic E-state index is 12.5. The molecule has 0 aliphatic rings. The van der Waals surface area contributed by atoms with Gasteiger partial charge in [-0.1, -0.05) is 65.1 Å². The van der Waals surface area contributed by atoms with Gasteiger partial charge in [-0.2, -0.15) is 0 Å². The first-order valence-corrected chi connectivity index (χ1v) is 9.38. The third-order valence-electron chi connectivity index (χ3n) is 3.62. The number of hydrogen-bond acceptors (Lipinski definition) is 4. The molecule has 0 fully saturated rings. The van der Waals surface area contributed by atoms with Crippen LogP contribution < -0.4 is 16.0 Å². The van der Waals surface area contributed by atoms with Crippen LogP contribution in [0.3, 0.4) is 0 Å². The Morgan fingerprint density at radius 3 is 2.32 bits per heavy atom. The molecule has 0 heterocycles. The van der Waals surface area contributed by atoms with Crippen LogP contribution in [0, 0.1) is 17.0 Å². The highest BCUT2D eigenvalue weighted by atomic mass is 35.6. The van der Waals surface area contributed by atoms with Gasteiger partial charge in [-0.05, 0) is 36.8 Å². The summed E-state index contributed by atoms with van der Waals surface area (Å²) in [6, 6.07) is 12.8. The molecule has 28 heavy (non-hydrogen) atoms. The molecule has 0 saturated heterocycles. The number of para-hydroxylation sites is 2. The Morgan fingerprint density at radius 1 is 1.11 bits per heavy atom. The standard InChI is InChI=1S/C17H15Cl3N4O3S/c1-10-6-2-4-8-12(10)21-16(28)23-15(17(18,19)20)22-14(25)11-7-3-5-9-13(11)24(26)27/h2-9,15H,1H3,(H,22,25)(H2,21,23,28). The van der Waals surface area contributed by atoms with Crippen LogP contribution in [0.25, 0.3) is 0 Å². The number of carbonyl (C=O) groups excluding carboxylic acids is 1. The number of nitrogens with zero attached hydrogens (tertiary/aromatic N) is 1. The molecule has 0 aliphatic carbocycles. The number of thiocarbonyl (C=S) groups is 1. The fourth-order valence-electron chi connectivity index (χ4n) is 2.24. The van der Waals surface area contributed by atoms with E-state index in [0.717, 1.165) is 11.3 Å². The van der Waals surface area contributed by atoms with E-state index in [1.54, 1.807) is 6.07 Å². The maximum Gasteiger partial charge on any atom is 0.282 e. The molecule has 7 nitrogen and oxygen atoms in total. The second-order valence-corrected chi connectivity index (χ2v) is 8.41. The predicted octanol–water partition coefficient (Wildman–Crippen LogP) is 4.32. The molecule has 2 aromatic rings. The number of amides is 1. The number of rotatable bonds is 5. The Bertz CT molecular complexity index is 905. The van der Waals surface area contributed by atoms with Crippen molar-refractivity contribution in [2.45, 2.75) is 16.9 Å². The van der Waals surface area contributed by atoms with Crippen LogP contribution in [0.2, 0.25) is 0 Å². The first kappa shape index (κ1) is 22.2. The number of hydrogen-bond donors (Lipinski definition) is 3. The summed E-state index contributed by atoms with van der Waals surface area (Å²) in [5, 5.41) is 19.3. The predicted molar refractivity (Wildman–Crippen MR) is 115 cm³/mol. The minimum absolute atomic E-state index is 0.0912. The lowest BCUT2D eigenvalue weighted by atomic mass is 10.1. The Labute approximate surface area is 181 Å². The fraction of sp³-hybridized carbons (Fsp3) is 0.176. The minimum Gasteiger partial charge on any atom is -0.339 e. The van der Waals surface area contributed by atoms with Crippen molar-refractivity contribution < 1.29 is 9.72 Å². The summed E-state index contributed by atoms with van der Waals surface area (Å²) in [6.07, 6.45) is -1.26. The molecule has 0 aromatic heterocycles. The van der Waals surface area contributed by atoms with Gasteiger partial charge in [0.2, 0.25) is 3.79 Å². The highest BCUT2D eigenvalue weighted by Gasteiger charge is 2.36. The van der Waals surface area contributed by atoms with Gasteiger partial charge in [-0.25, -0.2) is 0 Å². The number of nitrogens with one attached hydrogen (secondary N) is 3. The van der Waals surface area contributed by atoms with Crippen LogP contribution in [0.4, 0.5) is 11.4 Å². The number of halogens is 3. The first-order valence-electron chi connectivity index (χ1n) is 7.83. The van der Waals surface area contributed by atoms with Crippen molar-refractivity contribution in [1.29, 1.82) is 0 Å². The lowest BCUT2D eigenvalue weighted by molar-refractivity contribution is -0.385. The van der Waals surface area contributed by atoms with E-state index in [4.69, 9.17) is 47.0 Å². The van der Waals surface area contributed by atoms with Crippen molar-refractivity contribution in [3.05, 3.63) is 69.8 Å². The Hall–Kier alpha value is -2.13. The van der Waals surface area contributed by atoms with E-state index in [2.05, 4.69) is 16.0 Å². The summed E-state index contributed by atoms with van der Waals surface area (Å²) < 4.78 is -1.99. The number of aryl methyl sites for hydroxylation is 1. The molecule has 0 aliphatic heterocycles. The smallest absolute Gasteiger partial charge is 0.282 e. The van der Waals surface area contributed by atoms with E-state index >= 15 is 0 Å². The van der Waals surface area contributed by atoms with Crippen molar-refractivity contribution in [1.82, 2.24) is 10.6 Å².